The number of rotatable bonds is 3. The summed E-state index contributed by atoms with van der Waals surface area (Å²) in [5.41, 5.74) is 2.38. The molecule has 114 valence electrons. The van der Waals surface area contributed by atoms with E-state index in [9.17, 15) is 17.6 Å². The number of aryl methyl sites for hydroxylation is 1. The van der Waals surface area contributed by atoms with Crippen LogP contribution in [0, 0.1) is 12.7 Å². The molecule has 2 aromatic rings. The molecule has 0 aliphatic carbocycles. The van der Waals surface area contributed by atoms with Crippen molar-refractivity contribution in [2.24, 2.45) is 5.84 Å². The smallest absolute Gasteiger partial charge is 0.271 e. The van der Waals surface area contributed by atoms with Gasteiger partial charge in [-0.15, -0.1) is 11.3 Å². The van der Waals surface area contributed by atoms with E-state index >= 15 is 0 Å². The van der Waals surface area contributed by atoms with E-state index in [1.54, 1.807) is 0 Å². The van der Waals surface area contributed by atoms with Crippen LogP contribution >= 0.6 is 27.3 Å². The van der Waals surface area contributed by atoms with Crippen LogP contribution in [0.2, 0.25) is 0 Å². The fourth-order valence-corrected chi connectivity index (χ4v) is 3.57. The lowest BCUT2D eigenvalue weighted by molar-refractivity contribution is -0.140. The summed E-state index contributed by atoms with van der Waals surface area (Å²) in [5, 5.41) is 0. The summed E-state index contributed by atoms with van der Waals surface area (Å²) in [6.07, 6.45) is -4.74. The molecule has 0 aliphatic heterocycles. The lowest BCUT2D eigenvalue weighted by Gasteiger charge is -2.17. The predicted octanol–water partition coefficient (Wildman–Crippen LogP) is 4.53. The lowest BCUT2D eigenvalue weighted by atomic mass is 10.0. The number of halogens is 5. The molecule has 1 atom stereocenters. The Balaban J connectivity index is 2.48. The quantitative estimate of drug-likeness (QED) is 0.464. The number of hydrogen-bond donors (Lipinski definition) is 2. The Morgan fingerprint density at radius 1 is 1.29 bits per heavy atom. The highest BCUT2D eigenvalue weighted by atomic mass is 79.9. The van der Waals surface area contributed by atoms with Gasteiger partial charge in [0, 0.05) is 4.88 Å². The van der Waals surface area contributed by atoms with Gasteiger partial charge in [-0.2, -0.15) is 13.2 Å². The molecule has 1 aromatic heterocycles. The average Bonchev–Trinajstić information content (AvgIpc) is 2.71. The summed E-state index contributed by atoms with van der Waals surface area (Å²) >= 11 is 4.71. The minimum absolute atomic E-state index is 0.250. The third kappa shape index (κ3) is 3.45. The third-order valence-electron chi connectivity index (χ3n) is 2.96. The Bertz CT molecular complexity index is 635. The Morgan fingerprint density at radius 2 is 1.95 bits per heavy atom. The molecule has 0 radical (unpaired) electrons. The van der Waals surface area contributed by atoms with Crippen LogP contribution in [0.1, 0.15) is 27.6 Å². The molecular weight excluding hydrogens is 372 g/mol. The molecule has 0 bridgehead atoms. The lowest BCUT2D eigenvalue weighted by Crippen LogP contribution is -2.28. The van der Waals surface area contributed by atoms with Gasteiger partial charge in [0.15, 0.2) is 0 Å². The molecule has 0 saturated heterocycles. The van der Waals surface area contributed by atoms with Gasteiger partial charge >= 0.3 is 6.18 Å². The number of benzene rings is 1. The van der Waals surface area contributed by atoms with Crippen molar-refractivity contribution >= 4 is 27.3 Å². The molecule has 0 saturated carbocycles. The SMILES string of the molecule is Cc1cc(C(NN)c2ccc(F)c(C(F)(F)F)c2)sc1Br. The molecule has 0 spiro atoms. The van der Waals surface area contributed by atoms with Gasteiger partial charge < -0.3 is 0 Å². The molecule has 0 aliphatic rings. The molecule has 3 N–H and O–H groups in total. The average molecular weight is 383 g/mol. The van der Waals surface area contributed by atoms with Crippen molar-refractivity contribution in [3.63, 3.8) is 0 Å². The van der Waals surface area contributed by atoms with Crippen molar-refractivity contribution in [3.05, 3.63) is 55.4 Å². The van der Waals surface area contributed by atoms with Gasteiger partial charge in [0.2, 0.25) is 0 Å². The Labute approximate surface area is 131 Å². The van der Waals surface area contributed by atoms with Gasteiger partial charge in [0.1, 0.15) is 5.82 Å². The summed E-state index contributed by atoms with van der Waals surface area (Å²) in [6.45, 7) is 1.86. The van der Waals surface area contributed by atoms with Crippen LogP contribution in [0.25, 0.3) is 0 Å². The molecule has 2 nitrogen and oxygen atoms in total. The van der Waals surface area contributed by atoms with Crippen LogP contribution in [0.3, 0.4) is 0 Å². The molecule has 21 heavy (non-hydrogen) atoms. The second kappa shape index (κ2) is 6.04. The zero-order valence-corrected chi connectivity index (χ0v) is 13.2. The van der Waals surface area contributed by atoms with Gasteiger partial charge in [-0.05, 0) is 52.2 Å². The number of hydrazine groups is 1. The number of nitrogens with one attached hydrogen (secondary N) is 1. The molecule has 8 heteroatoms. The molecule has 1 heterocycles. The van der Waals surface area contributed by atoms with E-state index in [1.807, 2.05) is 13.0 Å². The van der Waals surface area contributed by atoms with E-state index in [1.165, 1.54) is 17.4 Å². The molecular formula is C13H11BrF4N2S. The van der Waals surface area contributed by atoms with Crippen LogP contribution < -0.4 is 11.3 Å². The summed E-state index contributed by atoms with van der Waals surface area (Å²) in [4.78, 5) is 0.738. The van der Waals surface area contributed by atoms with E-state index in [4.69, 9.17) is 5.84 Å². The molecule has 0 fully saturated rings. The molecule has 1 aromatic carbocycles. The predicted molar refractivity (Wildman–Crippen MR) is 77.3 cm³/mol. The maximum atomic E-state index is 13.3. The Kier molecular flexibility index (Phi) is 4.72. The number of thiophene rings is 1. The highest BCUT2D eigenvalue weighted by molar-refractivity contribution is 9.11. The first-order valence-corrected chi connectivity index (χ1v) is 7.43. The zero-order valence-electron chi connectivity index (χ0n) is 10.8. The van der Waals surface area contributed by atoms with E-state index < -0.39 is 23.6 Å². The Hall–Kier alpha value is -0.960. The van der Waals surface area contributed by atoms with Gasteiger partial charge in [-0.25, -0.2) is 9.82 Å². The summed E-state index contributed by atoms with van der Waals surface area (Å²) in [7, 11) is 0. The summed E-state index contributed by atoms with van der Waals surface area (Å²) in [5.74, 6) is 4.16. The van der Waals surface area contributed by atoms with Crippen LogP contribution in [0.15, 0.2) is 28.1 Å². The minimum atomic E-state index is -4.74. The van der Waals surface area contributed by atoms with Gasteiger partial charge in [-0.3, -0.25) is 5.84 Å². The Morgan fingerprint density at radius 3 is 2.43 bits per heavy atom. The van der Waals surface area contributed by atoms with E-state index in [0.717, 1.165) is 26.4 Å². The van der Waals surface area contributed by atoms with Crippen molar-refractivity contribution in [3.8, 4) is 0 Å². The number of nitrogens with two attached hydrogens (primary N) is 1. The standard InChI is InChI=1S/C13H11BrF4N2S/c1-6-4-10(21-12(6)14)11(20-19)7-2-3-9(15)8(5-7)13(16,17)18/h2-5,11,20H,19H2,1H3. The second-order valence-corrected chi connectivity index (χ2v) is 6.84. The van der Waals surface area contributed by atoms with Crippen molar-refractivity contribution in [1.29, 1.82) is 0 Å². The number of hydrogen-bond acceptors (Lipinski definition) is 3. The number of alkyl halides is 3. The first kappa shape index (κ1) is 16.4. The first-order valence-electron chi connectivity index (χ1n) is 5.82. The van der Waals surface area contributed by atoms with Gasteiger partial charge in [-0.1, -0.05) is 6.07 Å². The second-order valence-electron chi connectivity index (χ2n) is 4.44. The van der Waals surface area contributed by atoms with Crippen molar-refractivity contribution < 1.29 is 17.6 Å². The third-order valence-corrected chi connectivity index (χ3v) is 5.16. The van der Waals surface area contributed by atoms with Crippen LogP contribution in [-0.2, 0) is 6.18 Å². The van der Waals surface area contributed by atoms with Gasteiger partial charge in [0.05, 0.1) is 15.4 Å². The maximum Gasteiger partial charge on any atom is 0.419 e. The fourth-order valence-electron chi connectivity index (χ4n) is 1.91. The summed E-state index contributed by atoms with van der Waals surface area (Å²) in [6, 6.07) is 4.05. The normalized spacial score (nSPS) is 13.5. The van der Waals surface area contributed by atoms with Crippen LogP contribution in [-0.4, -0.2) is 0 Å². The van der Waals surface area contributed by atoms with Crippen molar-refractivity contribution in [2.45, 2.75) is 19.1 Å². The highest BCUT2D eigenvalue weighted by Crippen LogP contribution is 2.37. The largest absolute Gasteiger partial charge is 0.419 e. The fraction of sp³-hybridized carbons (Fsp3) is 0.231. The molecule has 2 rings (SSSR count). The monoisotopic (exact) mass is 382 g/mol. The zero-order chi connectivity index (χ0) is 15.8. The van der Waals surface area contributed by atoms with E-state index in [2.05, 4.69) is 21.4 Å². The topological polar surface area (TPSA) is 38.0 Å². The van der Waals surface area contributed by atoms with E-state index in [-0.39, 0.29) is 5.56 Å². The first-order chi connectivity index (χ1) is 9.74. The van der Waals surface area contributed by atoms with Crippen LogP contribution in [0.5, 0.6) is 0 Å². The van der Waals surface area contributed by atoms with Crippen LogP contribution in [0.4, 0.5) is 17.6 Å². The van der Waals surface area contributed by atoms with Crippen molar-refractivity contribution in [2.75, 3.05) is 0 Å². The summed E-state index contributed by atoms with van der Waals surface area (Å²) < 4.78 is 52.5. The molecule has 0 amide bonds. The molecule has 1 unspecified atom stereocenters. The van der Waals surface area contributed by atoms with Gasteiger partial charge in [0.25, 0.3) is 0 Å². The van der Waals surface area contributed by atoms with E-state index in [0.29, 0.717) is 0 Å². The highest BCUT2D eigenvalue weighted by Gasteiger charge is 2.35. The maximum absolute atomic E-state index is 13.3. The van der Waals surface area contributed by atoms with Crippen molar-refractivity contribution in [1.82, 2.24) is 5.43 Å². The minimum Gasteiger partial charge on any atom is -0.271 e.